The molecule has 0 fully saturated rings. The van der Waals surface area contributed by atoms with Gasteiger partial charge in [0.1, 0.15) is 17.3 Å². The number of carbonyl (C=O) groups excluding carboxylic acids is 1. The summed E-state index contributed by atoms with van der Waals surface area (Å²) in [6, 6.07) is 14.3. The Balaban J connectivity index is 1.59. The highest BCUT2D eigenvalue weighted by molar-refractivity contribution is 5.98. The summed E-state index contributed by atoms with van der Waals surface area (Å²) in [6.45, 7) is -0.0516. The lowest BCUT2D eigenvalue weighted by Crippen LogP contribution is -2.24. The SMILES string of the molecule is O=C(NCc1ccc(F)cc1F)c1ccc2cc3cccnc3cc2n1. The molecule has 4 rings (SSSR count). The molecule has 2 aromatic carbocycles. The maximum absolute atomic E-state index is 13.6. The molecule has 2 heterocycles. The van der Waals surface area contributed by atoms with Gasteiger partial charge in [0.2, 0.25) is 0 Å². The zero-order chi connectivity index (χ0) is 18.1. The molecule has 0 radical (unpaired) electrons. The van der Waals surface area contributed by atoms with E-state index in [-0.39, 0.29) is 17.8 Å². The third kappa shape index (κ3) is 3.09. The molecule has 4 aromatic rings. The summed E-state index contributed by atoms with van der Waals surface area (Å²) in [6.07, 6.45) is 1.70. The minimum Gasteiger partial charge on any atom is -0.347 e. The molecule has 2 aromatic heterocycles. The molecule has 0 unspecified atom stereocenters. The number of pyridine rings is 2. The van der Waals surface area contributed by atoms with Crippen molar-refractivity contribution >= 4 is 27.7 Å². The van der Waals surface area contributed by atoms with Crippen LogP contribution in [0, 0.1) is 11.6 Å². The molecule has 0 spiro atoms. The third-order valence-corrected chi connectivity index (χ3v) is 4.10. The van der Waals surface area contributed by atoms with E-state index in [1.807, 2.05) is 30.3 Å². The summed E-state index contributed by atoms with van der Waals surface area (Å²) in [7, 11) is 0. The van der Waals surface area contributed by atoms with Crippen molar-refractivity contribution in [1.82, 2.24) is 15.3 Å². The molecular formula is C20H13F2N3O. The lowest BCUT2D eigenvalue weighted by molar-refractivity contribution is 0.0946. The molecule has 0 aliphatic heterocycles. The number of rotatable bonds is 3. The number of carbonyl (C=O) groups is 1. The Morgan fingerprint density at radius 3 is 2.65 bits per heavy atom. The van der Waals surface area contributed by atoms with E-state index in [0.29, 0.717) is 5.52 Å². The van der Waals surface area contributed by atoms with Gasteiger partial charge in [-0.2, -0.15) is 0 Å². The quantitative estimate of drug-likeness (QED) is 0.569. The number of nitrogens with zero attached hydrogens (tertiary/aromatic N) is 2. The van der Waals surface area contributed by atoms with E-state index in [9.17, 15) is 13.6 Å². The number of aromatic nitrogens is 2. The van der Waals surface area contributed by atoms with Gasteiger partial charge in [0, 0.05) is 35.1 Å². The first kappa shape index (κ1) is 16.1. The predicted molar refractivity (Wildman–Crippen MR) is 94.6 cm³/mol. The second-order valence-corrected chi connectivity index (χ2v) is 5.86. The normalized spacial score (nSPS) is 11.0. The van der Waals surface area contributed by atoms with E-state index >= 15 is 0 Å². The van der Waals surface area contributed by atoms with Gasteiger partial charge in [-0.25, -0.2) is 13.8 Å². The summed E-state index contributed by atoms with van der Waals surface area (Å²) in [5.74, 6) is -1.79. The molecule has 0 aliphatic carbocycles. The van der Waals surface area contributed by atoms with Crippen LogP contribution in [0.5, 0.6) is 0 Å². The molecule has 128 valence electrons. The smallest absolute Gasteiger partial charge is 0.270 e. The fourth-order valence-electron chi connectivity index (χ4n) is 2.75. The van der Waals surface area contributed by atoms with E-state index in [2.05, 4.69) is 15.3 Å². The molecule has 6 heteroatoms. The van der Waals surface area contributed by atoms with Crippen LogP contribution >= 0.6 is 0 Å². The lowest BCUT2D eigenvalue weighted by Gasteiger charge is -2.07. The number of amides is 1. The van der Waals surface area contributed by atoms with Crippen LogP contribution in [-0.4, -0.2) is 15.9 Å². The molecule has 1 N–H and O–H groups in total. The maximum Gasteiger partial charge on any atom is 0.270 e. The van der Waals surface area contributed by atoms with Crippen molar-refractivity contribution in [3.05, 3.63) is 83.7 Å². The summed E-state index contributed by atoms with van der Waals surface area (Å²) in [4.78, 5) is 21.0. The van der Waals surface area contributed by atoms with Gasteiger partial charge in [0.05, 0.1) is 11.0 Å². The van der Waals surface area contributed by atoms with E-state index in [4.69, 9.17) is 0 Å². The second kappa shape index (κ2) is 6.48. The Hall–Kier alpha value is -3.41. The van der Waals surface area contributed by atoms with Crippen molar-refractivity contribution in [1.29, 1.82) is 0 Å². The zero-order valence-corrected chi connectivity index (χ0v) is 13.5. The zero-order valence-electron chi connectivity index (χ0n) is 13.5. The Labute approximate surface area is 147 Å². The van der Waals surface area contributed by atoms with Crippen LogP contribution < -0.4 is 5.32 Å². The van der Waals surface area contributed by atoms with Gasteiger partial charge in [0.15, 0.2) is 0 Å². The van der Waals surface area contributed by atoms with Crippen LogP contribution in [-0.2, 0) is 6.54 Å². The van der Waals surface area contributed by atoms with Gasteiger partial charge in [-0.1, -0.05) is 18.2 Å². The van der Waals surface area contributed by atoms with E-state index in [0.717, 1.165) is 28.4 Å². The number of benzene rings is 2. The lowest BCUT2D eigenvalue weighted by atomic mass is 10.1. The fourth-order valence-corrected chi connectivity index (χ4v) is 2.75. The Bertz CT molecular complexity index is 1140. The molecule has 1 amide bonds. The number of hydrogen-bond acceptors (Lipinski definition) is 3. The number of halogens is 2. The maximum atomic E-state index is 13.6. The van der Waals surface area contributed by atoms with Gasteiger partial charge in [0.25, 0.3) is 5.91 Å². The summed E-state index contributed by atoms with van der Waals surface area (Å²) in [5.41, 5.74) is 1.86. The summed E-state index contributed by atoms with van der Waals surface area (Å²) < 4.78 is 26.6. The van der Waals surface area contributed by atoms with Gasteiger partial charge in [-0.3, -0.25) is 9.78 Å². The van der Waals surface area contributed by atoms with Crippen molar-refractivity contribution in [2.75, 3.05) is 0 Å². The number of fused-ring (bicyclic) bond motifs is 2. The summed E-state index contributed by atoms with van der Waals surface area (Å²) >= 11 is 0. The monoisotopic (exact) mass is 349 g/mol. The Kier molecular flexibility index (Phi) is 4.01. The first-order chi connectivity index (χ1) is 12.6. The molecule has 0 atom stereocenters. The van der Waals surface area contributed by atoms with Crippen molar-refractivity contribution in [2.24, 2.45) is 0 Å². The third-order valence-electron chi connectivity index (χ3n) is 4.10. The van der Waals surface area contributed by atoms with Crippen molar-refractivity contribution in [3.63, 3.8) is 0 Å². The van der Waals surface area contributed by atoms with Gasteiger partial charge < -0.3 is 5.32 Å². The van der Waals surface area contributed by atoms with Crippen LogP contribution in [0.3, 0.4) is 0 Å². The van der Waals surface area contributed by atoms with Crippen molar-refractivity contribution in [2.45, 2.75) is 6.54 Å². The van der Waals surface area contributed by atoms with Crippen molar-refractivity contribution < 1.29 is 13.6 Å². The second-order valence-electron chi connectivity index (χ2n) is 5.86. The molecule has 0 saturated heterocycles. The molecule has 0 aliphatic rings. The average molecular weight is 349 g/mol. The van der Waals surface area contributed by atoms with Crippen LogP contribution in [0.1, 0.15) is 16.1 Å². The van der Waals surface area contributed by atoms with Gasteiger partial charge in [-0.15, -0.1) is 0 Å². The first-order valence-electron chi connectivity index (χ1n) is 7.98. The largest absolute Gasteiger partial charge is 0.347 e. The van der Waals surface area contributed by atoms with Crippen LogP contribution in [0.25, 0.3) is 21.8 Å². The van der Waals surface area contributed by atoms with Crippen molar-refractivity contribution in [3.8, 4) is 0 Å². The summed E-state index contributed by atoms with van der Waals surface area (Å²) in [5, 5.41) is 4.48. The fraction of sp³-hybridized carbons (Fsp3) is 0.0500. The molecule has 0 saturated carbocycles. The average Bonchev–Trinajstić information content (AvgIpc) is 2.65. The van der Waals surface area contributed by atoms with Crippen LogP contribution in [0.15, 0.2) is 60.8 Å². The highest BCUT2D eigenvalue weighted by atomic mass is 19.1. The number of hydrogen-bond donors (Lipinski definition) is 1. The van der Waals surface area contributed by atoms with Crippen LogP contribution in [0.2, 0.25) is 0 Å². The van der Waals surface area contributed by atoms with E-state index in [1.54, 1.807) is 12.3 Å². The molecular weight excluding hydrogens is 336 g/mol. The van der Waals surface area contributed by atoms with Gasteiger partial charge >= 0.3 is 0 Å². The minimum absolute atomic E-state index is 0.0516. The van der Waals surface area contributed by atoms with Crippen LogP contribution in [0.4, 0.5) is 8.78 Å². The van der Waals surface area contributed by atoms with E-state index < -0.39 is 17.5 Å². The van der Waals surface area contributed by atoms with Gasteiger partial charge in [-0.05, 0) is 30.3 Å². The Morgan fingerprint density at radius 2 is 1.81 bits per heavy atom. The highest BCUT2D eigenvalue weighted by Gasteiger charge is 2.11. The first-order valence-corrected chi connectivity index (χ1v) is 7.98. The standard InChI is InChI=1S/C20H13F2N3O/c21-15-5-3-14(16(22)9-15)11-24-20(26)17-6-4-13-8-12-2-1-7-23-18(12)10-19(13)25-17/h1-10H,11H2,(H,24,26). The highest BCUT2D eigenvalue weighted by Crippen LogP contribution is 2.20. The predicted octanol–water partition coefficient (Wildman–Crippen LogP) is 3.99. The number of nitrogens with one attached hydrogen (secondary N) is 1. The van der Waals surface area contributed by atoms with E-state index in [1.165, 1.54) is 6.07 Å². The topological polar surface area (TPSA) is 54.9 Å². The molecule has 4 nitrogen and oxygen atoms in total. The molecule has 26 heavy (non-hydrogen) atoms. The minimum atomic E-state index is -0.700. The molecule has 0 bridgehead atoms. The Morgan fingerprint density at radius 1 is 0.962 bits per heavy atom.